The lowest BCUT2D eigenvalue weighted by atomic mass is 10.2. The lowest BCUT2D eigenvalue weighted by Gasteiger charge is -2.12. The molecular weight excluding hydrogens is 394 g/mol. The predicted octanol–water partition coefficient (Wildman–Crippen LogP) is 3.17. The van der Waals surface area contributed by atoms with Gasteiger partial charge in [0.15, 0.2) is 0 Å². The molecule has 0 aliphatic carbocycles. The highest BCUT2D eigenvalue weighted by atomic mass is 79.9. The van der Waals surface area contributed by atoms with Gasteiger partial charge in [0.05, 0.1) is 15.1 Å². The van der Waals surface area contributed by atoms with Crippen LogP contribution in [0.4, 0.5) is 5.69 Å². The molecule has 1 atom stereocenters. The summed E-state index contributed by atoms with van der Waals surface area (Å²) in [5, 5.41) is 2.74. The Morgan fingerprint density at radius 1 is 1.25 bits per heavy atom. The highest BCUT2D eigenvalue weighted by Gasteiger charge is 2.17. The molecule has 128 valence electrons. The van der Waals surface area contributed by atoms with Crippen LogP contribution < -0.4 is 10.0 Å². The predicted molar refractivity (Wildman–Crippen MR) is 96.4 cm³/mol. The summed E-state index contributed by atoms with van der Waals surface area (Å²) in [6.07, 6.45) is 3.84. The van der Waals surface area contributed by atoms with Crippen LogP contribution in [0.3, 0.4) is 0 Å². The fraction of sp³-hybridized carbons (Fsp3) is 0.250. The topological polar surface area (TPSA) is 88.2 Å². The van der Waals surface area contributed by atoms with Crippen molar-refractivity contribution in [1.82, 2.24) is 9.71 Å². The number of carbonyl (C=O) groups excluding carboxylic acids is 1. The SMILES string of the molecule is CC[C@@H](C)NS(=O)(=O)c1ccc(C(=O)Nc2ccncc2Br)cc1. The van der Waals surface area contributed by atoms with Gasteiger partial charge in [-0.3, -0.25) is 9.78 Å². The first-order valence-electron chi connectivity index (χ1n) is 7.36. The number of sulfonamides is 1. The van der Waals surface area contributed by atoms with E-state index in [2.05, 4.69) is 31.0 Å². The van der Waals surface area contributed by atoms with Crippen molar-refractivity contribution in [2.45, 2.75) is 31.2 Å². The van der Waals surface area contributed by atoms with E-state index in [0.717, 1.165) is 0 Å². The summed E-state index contributed by atoms with van der Waals surface area (Å²) in [6, 6.07) is 7.31. The van der Waals surface area contributed by atoms with Gasteiger partial charge in [-0.05, 0) is 59.6 Å². The van der Waals surface area contributed by atoms with Crippen LogP contribution in [0.15, 0.2) is 52.1 Å². The second-order valence-corrected chi connectivity index (χ2v) is 7.83. The van der Waals surface area contributed by atoms with E-state index < -0.39 is 10.0 Å². The molecule has 0 saturated heterocycles. The van der Waals surface area contributed by atoms with Gasteiger partial charge >= 0.3 is 0 Å². The van der Waals surface area contributed by atoms with E-state index in [9.17, 15) is 13.2 Å². The summed E-state index contributed by atoms with van der Waals surface area (Å²) >= 11 is 3.30. The summed E-state index contributed by atoms with van der Waals surface area (Å²) in [5.41, 5.74) is 0.950. The van der Waals surface area contributed by atoms with Crippen LogP contribution in [0.5, 0.6) is 0 Å². The van der Waals surface area contributed by atoms with E-state index in [4.69, 9.17) is 0 Å². The Bertz CT molecular complexity index is 823. The Balaban J connectivity index is 2.14. The Kier molecular flexibility index (Phi) is 6.09. The smallest absolute Gasteiger partial charge is 0.255 e. The highest BCUT2D eigenvalue weighted by Crippen LogP contribution is 2.21. The molecule has 0 radical (unpaired) electrons. The van der Waals surface area contributed by atoms with Gasteiger partial charge in [-0.1, -0.05) is 6.92 Å². The molecule has 1 heterocycles. The van der Waals surface area contributed by atoms with Crippen molar-refractivity contribution in [2.75, 3.05) is 5.32 Å². The fourth-order valence-corrected chi connectivity index (χ4v) is 3.55. The number of amides is 1. The van der Waals surface area contributed by atoms with Gasteiger partial charge in [0.2, 0.25) is 10.0 Å². The van der Waals surface area contributed by atoms with Crippen LogP contribution in [0.25, 0.3) is 0 Å². The number of anilines is 1. The molecule has 2 aromatic rings. The standard InChI is InChI=1S/C16H18BrN3O3S/c1-3-11(2)20-24(22,23)13-6-4-12(5-7-13)16(21)19-15-8-9-18-10-14(15)17/h4-11,20H,3H2,1-2H3,(H,18,19,21)/t11-/m1/s1. The first-order valence-corrected chi connectivity index (χ1v) is 9.64. The largest absolute Gasteiger partial charge is 0.321 e. The molecule has 24 heavy (non-hydrogen) atoms. The fourth-order valence-electron chi connectivity index (χ4n) is 1.87. The van der Waals surface area contributed by atoms with E-state index in [0.29, 0.717) is 22.1 Å². The van der Waals surface area contributed by atoms with Crippen molar-refractivity contribution < 1.29 is 13.2 Å². The third-order valence-electron chi connectivity index (χ3n) is 3.42. The van der Waals surface area contributed by atoms with Crippen LogP contribution in [0, 0.1) is 0 Å². The minimum absolute atomic E-state index is 0.129. The van der Waals surface area contributed by atoms with E-state index in [1.807, 2.05) is 6.92 Å². The molecule has 0 aliphatic rings. The van der Waals surface area contributed by atoms with Crippen LogP contribution >= 0.6 is 15.9 Å². The van der Waals surface area contributed by atoms with Gasteiger partial charge in [0, 0.05) is 24.0 Å². The van der Waals surface area contributed by atoms with Gasteiger partial charge in [0.1, 0.15) is 0 Å². The molecule has 1 amide bonds. The van der Waals surface area contributed by atoms with Crippen LogP contribution in [0.2, 0.25) is 0 Å². The maximum absolute atomic E-state index is 12.2. The Morgan fingerprint density at radius 2 is 1.92 bits per heavy atom. The number of hydrogen-bond acceptors (Lipinski definition) is 4. The van der Waals surface area contributed by atoms with Crippen molar-refractivity contribution in [3.63, 3.8) is 0 Å². The maximum atomic E-state index is 12.2. The zero-order valence-corrected chi connectivity index (χ0v) is 15.7. The normalized spacial score (nSPS) is 12.6. The number of pyridine rings is 1. The number of carbonyl (C=O) groups is 1. The number of halogens is 1. The molecule has 2 N–H and O–H groups in total. The Hall–Kier alpha value is -1.77. The van der Waals surface area contributed by atoms with E-state index >= 15 is 0 Å². The average molecular weight is 412 g/mol. The molecule has 0 fully saturated rings. The monoisotopic (exact) mass is 411 g/mol. The highest BCUT2D eigenvalue weighted by molar-refractivity contribution is 9.10. The second kappa shape index (κ2) is 7.87. The summed E-state index contributed by atoms with van der Waals surface area (Å²) in [7, 11) is -3.58. The molecule has 0 spiro atoms. The summed E-state index contributed by atoms with van der Waals surface area (Å²) in [4.78, 5) is 16.3. The second-order valence-electron chi connectivity index (χ2n) is 5.26. The molecule has 1 aromatic heterocycles. The number of nitrogens with one attached hydrogen (secondary N) is 2. The zero-order valence-electron chi connectivity index (χ0n) is 13.3. The number of aromatic nitrogens is 1. The summed E-state index contributed by atoms with van der Waals surface area (Å²) in [5.74, 6) is -0.333. The third kappa shape index (κ3) is 4.62. The van der Waals surface area contributed by atoms with Gasteiger partial charge in [-0.15, -0.1) is 0 Å². The molecule has 1 aromatic carbocycles. The Labute approximate surface area is 149 Å². The number of rotatable bonds is 6. The molecule has 0 bridgehead atoms. The van der Waals surface area contributed by atoms with Gasteiger partial charge < -0.3 is 5.32 Å². The lowest BCUT2D eigenvalue weighted by molar-refractivity contribution is 0.102. The van der Waals surface area contributed by atoms with Gasteiger partial charge in [0.25, 0.3) is 5.91 Å². The maximum Gasteiger partial charge on any atom is 0.255 e. The van der Waals surface area contributed by atoms with Crippen LogP contribution in [-0.4, -0.2) is 25.4 Å². The van der Waals surface area contributed by atoms with Crippen molar-refractivity contribution in [3.05, 3.63) is 52.8 Å². The van der Waals surface area contributed by atoms with Crippen molar-refractivity contribution >= 4 is 37.5 Å². The van der Waals surface area contributed by atoms with E-state index in [-0.39, 0.29) is 16.8 Å². The van der Waals surface area contributed by atoms with Crippen molar-refractivity contribution in [2.24, 2.45) is 0 Å². The summed E-state index contributed by atoms with van der Waals surface area (Å²) < 4.78 is 27.6. The minimum Gasteiger partial charge on any atom is -0.321 e. The van der Waals surface area contributed by atoms with Crippen molar-refractivity contribution in [3.8, 4) is 0 Å². The molecule has 8 heteroatoms. The summed E-state index contributed by atoms with van der Waals surface area (Å²) in [6.45, 7) is 3.70. The molecule has 0 unspecified atom stereocenters. The molecule has 0 saturated carbocycles. The third-order valence-corrected chi connectivity index (χ3v) is 5.65. The molecule has 2 rings (SSSR count). The average Bonchev–Trinajstić information content (AvgIpc) is 2.56. The van der Waals surface area contributed by atoms with E-state index in [1.165, 1.54) is 24.3 Å². The number of benzene rings is 1. The molecular formula is C16H18BrN3O3S. The Morgan fingerprint density at radius 3 is 2.50 bits per heavy atom. The number of hydrogen-bond donors (Lipinski definition) is 2. The minimum atomic E-state index is -3.58. The lowest BCUT2D eigenvalue weighted by Crippen LogP contribution is -2.32. The van der Waals surface area contributed by atoms with Gasteiger partial charge in [-0.2, -0.15) is 0 Å². The first-order chi connectivity index (χ1) is 11.3. The van der Waals surface area contributed by atoms with Crippen LogP contribution in [0.1, 0.15) is 30.6 Å². The zero-order chi connectivity index (χ0) is 17.7. The molecule has 0 aliphatic heterocycles. The van der Waals surface area contributed by atoms with Gasteiger partial charge in [-0.25, -0.2) is 13.1 Å². The van der Waals surface area contributed by atoms with Crippen molar-refractivity contribution in [1.29, 1.82) is 0 Å². The quantitative estimate of drug-likeness (QED) is 0.763. The molecule has 6 nitrogen and oxygen atoms in total. The first kappa shape index (κ1) is 18.6. The van der Waals surface area contributed by atoms with E-state index in [1.54, 1.807) is 25.4 Å². The number of nitrogens with zero attached hydrogens (tertiary/aromatic N) is 1. The van der Waals surface area contributed by atoms with Crippen LogP contribution in [-0.2, 0) is 10.0 Å².